The van der Waals surface area contributed by atoms with Crippen LogP contribution in [-0.4, -0.2) is 39.5 Å². The number of hydrogen-bond acceptors (Lipinski definition) is 4. The number of alkyl halides is 2. The van der Waals surface area contributed by atoms with Crippen LogP contribution in [0.4, 0.5) is 20.2 Å². The van der Waals surface area contributed by atoms with Crippen LogP contribution in [0.5, 0.6) is 0 Å². The molecule has 0 spiro atoms. The van der Waals surface area contributed by atoms with Crippen molar-refractivity contribution in [3.63, 3.8) is 0 Å². The number of nitrogens with zero attached hydrogens (tertiary/aromatic N) is 1. The molecule has 0 radical (unpaired) electrons. The highest BCUT2D eigenvalue weighted by Gasteiger charge is 2.34. The zero-order valence-corrected chi connectivity index (χ0v) is 11.0. The Kier molecular flexibility index (Phi) is 4.21. The molecule has 0 amide bonds. The van der Waals surface area contributed by atoms with Crippen molar-refractivity contribution in [3.8, 4) is 0 Å². The topological polar surface area (TPSA) is 47.7 Å². The first-order valence-corrected chi connectivity index (χ1v) is 6.05. The van der Waals surface area contributed by atoms with E-state index in [-0.39, 0.29) is 17.8 Å². The third kappa shape index (κ3) is 2.79. The summed E-state index contributed by atoms with van der Waals surface area (Å²) in [7, 11) is 3.19. The van der Waals surface area contributed by atoms with Crippen LogP contribution >= 0.6 is 0 Å². The molecule has 2 N–H and O–H groups in total. The molecule has 106 valence electrons. The fourth-order valence-electron chi connectivity index (χ4n) is 2.43. The van der Waals surface area contributed by atoms with E-state index in [9.17, 15) is 8.78 Å². The van der Waals surface area contributed by atoms with Gasteiger partial charge in [-0.25, -0.2) is 8.78 Å². The zero-order valence-electron chi connectivity index (χ0n) is 11.0. The normalized spacial score (nSPS) is 23.3. The van der Waals surface area contributed by atoms with Gasteiger partial charge in [-0.1, -0.05) is 0 Å². The van der Waals surface area contributed by atoms with Crippen molar-refractivity contribution in [2.45, 2.75) is 18.6 Å². The highest BCUT2D eigenvalue weighted by molar-refractivity contribution is 5.61. The standard InChI is InChI=1S/C13H18F2N2O2/c1-18-11-6-17(7-12(11)19-2)10-4-3-8(16)5-9(10)13(14)15/h3-5,11-13H,6-7,16H2,1-2H3. The van der Waals surface area contributed by atoms with Gasteiger partial charge in [0.25, 0.3) is 6.43 Å². The fraction of sp³-hybridized carbons (Fsp3) is 0.538. The summed E-state index contributed by atoms with van der Waals surface area (Å²) in [5, 5.41) is 0. The third-order valence-corrected chi connectivity index (χ3v) is 3.45. The molecule has 1 heterocycles. The van der Waals surface area contributed by atoms with Gasteiger partial charge in [0.2, 0.25) is 0 Å². The van der Waals surface area contributed by atoms with E-state index in [0.717, 1.165) is 0 Å². The maximum Gasteiger partial charge on any atom is 0.265 e. The summed E-state index contributed by atoms with van der Waals surface area (Å²) in [6.45, 7) is 1.05. The van der Waals surface area contributed by atoms with Crippen LogP contribution in [0, 0.1) is 0 Å². The molecule has 2 unspecified atom stereocenters. The van der Waals surface area contributed by atoms with Gasteiger partial charge in [-0.05, 0) is 18.2 Å². The van der Waals surface area contributed by atoms with Gasteiger partial charge in [-0.2, -0.15) is 0 Å². The van der Waals surface area contributed by atoms with Crippen LogP contribution in [-0.2, 0) is 9.47 Å². The molecule has 0 aliphatic carbocycles. The smallest absolute Gasteiger partial charge is 0.265 e. The van der Waals surface area contributed by atoms with Crippen LogP contribution < -0.4 is 10.6 Å². The molecule has 2 rings (SSSR count). The monoisotopic (exact) mass is 272 g/mol. The van der Waals surface area contributed by atoms with Crippen LogP contribution in [0.15, 0.2) is 18.2 Å². The molecule has 1 fully saturated rings. The van der Waals surface area contributed by atoms with Crippen molar-refractivity contribution >= 4 is 11.4 Å². The Bertz CT molecular complexity index is 431. The first kappa shape index (κ1) is 14.0. The molecule has 1 aromatic carbocycles. The van der Waals surface area contributed by atoms with E-state index in [2.05, 4.69) is 0 Å². The summed E-state index contributed by atoms with van der Waals surface area (Å²) in [5.74, 6) is 0. The van der Waals surface area contributed by atoms with E-state index in [1.807, 2.05) is 4.90 Å². The maximum atomic E-state index is 13.1. The Morgan fingerprint density at radius 1 is 1.21 bits per heavy atom. The SMILES string of the molecule is COC1CN(c2ccc(N)cc2C(F)F)CC1OC. The number of methoxy groups -OCH3 is 2. The van der Waals surface area contributed by atoms with Gasteiger partial charge in [-0.3, -0.25) is 0 Å². The Balaban J connectivity index is 2.28. The molecule has 1 aliphatic rings. The van der Waals surface area contributed by atoms with Crippen LogP contribution in [0.2, 0.25) is 0 Å². The van der Waals surface area contributed by atoms with E-state index in [1.165, 1.54) is 6.07 Å². The lowest BCUT2D eigenvalue weighted by Crippen LogP contribution is -2.27. The van der Waals surface area contributed by atoms with Crippen molar-refractivity contribution in [2.24, 2.45) is 0 Å². The van der Waals surface area contributed by atoms with Crippen LogP contribution in [0.1, 0.15) is 12.0 Å². The summed E-state index contributed by atoms with van der Waals surface area (Å²) < 4.78 is 36.8. The molecule has 6 heteroatoms. The molecule has 0 saturated carbocycles. The third-order valence-electron chi connectivity index (χ3n) is 3.45. The Labute approximate surface area is 111 Å². The van der Waals surface area contributed by atoms with E-state index >= 15 is 0 Å². The molecule has 1 aromatic rings. The van der Waals surface area contributed by atoms with Gasteiger partial charge in [-0.15, -0.1) is 0 Å². The number of ether oxygens (including phenoxy) is 2. The summed E-state index contributed by atoms with van der Waals surface area (Å²) in [6, 6.07) is 4.58. The highest BCUT2D eigenvalue weighted by Crippen LogP contribution is 2.34. The van der Waals surface area contributed by atoms with E-state index < -0.39 is 6.43 Å². The second-order valence-corrected chi connectivity index (χ2v) is 4.57. The first-order valence-electron chi connectivity index (χ1n) is 6.05. The van der Waals surface area contributed by atoms with Crippen molar-refractivity contribution in [3.05, 3.63) is 23.8 Å². The van der Waals surface area contributed by atoms with E-state index in [0.29, 0.717) is 24.5 Å². The van der Waals surface area contributed by atoms with Crippen molar-refractivity contribution < 1.29 is 18.3 Å². The van der Waals surface area contributed by atoms with Gasteiger partial charge < -0.3 is 20.1 Å². The Hall–Kier alpha value is -1.40. The number of hydrogen-bond donors (Lipinski definition) is 1. The predicted octanol–water partition coefficient (Wildman–Crippen LogP) is 2.06. The quantitative estimate of drug-likeness (QED) is 0.852. The molecule has 0 bridgehead atoms. The van der Waals surface area contributed by atoms with Crippen molar-refractivity contribution in [1.29, 1.82) is 0 Å². The Morgan fingerprint density at radius 3 is 2.26 bits per heavy atom. The summed E-state index contributed by atoms with van der Waals surface area (Å²) in [5.41, 5.74) is 6.35. The molecule has 19 heavy (non-hydrogen) atoms. The second kappa shape index (κ2) is 5.71. The zero-order chi connectivity index (χ0) is 14.0. The minimum absolute atomic E-state index is 0.0494. The maximum absolute atomic E-state index is 13.1. The molecular weight excluding hydrogens is 254 g/mol. The number of halogens is 2. The van der Waals surface area contributed by atoms with Crippen molar-refractivity contribution in [2.75, 3.05) is 37.9 Å². The van der Waals surface area contributed by atoms with E-state index in [1.54, 1.807) is 26.4 Å². The highest BCUT2D eigenvalue weighted by atomic mass is 19.3. The molecule has 4 nitrogen and oxygen atoms in total. The van der Waals surface area contributed by atoms with E-state index in [4.69, 9.17) is 15.2 Å². The molecule has 0 aromatic heterocycles. The van der Waals surface area contributed by atoms with Gasteiger partial charge in [0, 0.05) is 44.2 Å². The van der Waals surface area contributed by atoms with Gasteiger partial charge >= 0.3 is 0 Å². The van der Waals surface area contributed by atoms with Crippen LogP contribution in [0.3, 0.4) is 0 Å². The van der Waals surface area contributed by atoms with Crippen LogP contribution in [0.25, 0.3) is 0 Å². The second-order valence-electron chi connectivity index (χ2n) is 4.57. The first-order chi connectivity index (χ1) is 9.06. The van der Waals surface area contributed by atoms with Crippen molar-refractivity contribution in [1.82, 2.24) is 0 Å². The average Bonchev–Trinajstić information content (AvgIpc) is 2.81. The largest absolute Gasteiger partial charge is 0.399 e. The summed E-state index contributed by atoms with van der Waals surface area (Å²) in [4.78, 5) is 1.85. The number of nitrogen functional groups attached to an aromatic ring is 1. The minimum Gasteiger partial charge on any atom is -0.399 e. The lowest BCUT2D eigenvalue weighted by molar-refractivity contribution is -0.00461. The number of nitrogens with two attached hydrogens (primary N) is 1. The molecule has 2 atom stereocenters. The van der Waals surface area contributed by atoms with Gasteiger partial charge in [0.05, 0.1) is 0 Å². The minimum atomic E-state index is -2.55. The number of anilines is 2. The average molecular weight is 272 g/mol. The summed E-state index contributed by atoms with van der Waals surface area (Å²) in [6.07, 6.45) is -2.79. The van der Waals surface area contributed by atoms with Gasteiger partial charge in [0.1, 0.15) is 12.2 Å². The number of benzene rings is 1. The Morgan fingerprint density at radius 2 is 1.79 bits per heavy atom. The lowest BCUT2D eigenvalue weighted by Gasteiger charge is -2.21. The molecule has 1 aliphatic heterocycles. The van der Waals surface area contributed by atoms with Gasteiger partial charge in [0.15, 0.2) is 0 Å². The lowest BCUT2D eigenvalue weighted by atomic mass is 10.1. The summed E-state index contributed by atoms with van der Waals surface area (Å²) >= 11 is 0. The number of rotatable bonds is 4. The molecule has 1 saturated heterocycles. The fourth-order valence-corrected chi connectivity index (χ4v) is 2.43. The predicted molar refractivity (Wildman–Crippen MR) is 69.6 cm³/mol. The molecular formula is C13H18F2N2O2.